The summed E-state index contributed by atoms with van der Waals surface area (Å²) in [6.45, 7) is 6.48. The zero-order chi connectivity index (χ0) is 20.8. The van der Waals surface area contributed by atoms with Crippen LogP contribution >= 0.6 is 0 Å². The SMILES string of the molecule is CCCNC(=O)Nc1cccc(OC(=O)c2ccc(-n3nc(C)cc3C)cc2)c1. The molecule has 0 atom stereocenters. The number of carbonyl (C=O) groups excluding carboxylic acids is 2. The van der Waals surface area contributed by atoms with E-state index < -0.39 is 5.97 Å². The molecule has 2 aromatic carbocycles. The van der Waals surface area contributed by atoms with E-state index in [1.54, 1.807) is 36.4 Å². The second kappa shape index (κ2) is 9.05. The summed E-state index contributed by atoms with van der Waals surface area (Å²) in [5.41, 5.74) is 3.79. The van der Waals surface area contributed by atoms with E-state index in [2.05, 4.69) is 15.7 Å². The zero-order valence-electron chi connectivity index (χ0n) is 16.7. The third-order valence-electron chi connectivity index (χ3n) is 4.20. The van der Waals surface area contributed by atoms with Crippen molar-refractivity contribution >= 4 is 17.7 Å². The van der Waals surface area contributed by atoms with Gasteiger partial charge in [-0.05, 0) is 62.7 Å². The lowest BCUT2D eigenvalue weighted by molar-refractivity contribution is 0.0735. The number of rotatable bonds is 6. The number of nitrogens with zero attached hydrogens (tertiary/aromatic N) is 2. The lowest BCUT2D eigenvalue weighted by atomic mass is 10.2. The Morgan fingerprint density at radius 3 is 2.48 bits per heavy atom. The molecule has 7 nitrogen and oxygen atoms in total. The van der Waals surface area contributed by atoms with Gasteiger partial charge in [0, 0.05) is 24.0 Å². The molecule has 0 fully saturated rings. The van der Waals surface area contributed by atoms with Crippen molar-refractivity contribution in [3.63, 3.8) is 0 Å². The van der Waals surface area contributed by atoms with Gasteiger partial charge in [-0.2, -0.15) is 5.10 Å². The highest BCUT2D eigenvalue weighted by molar-refractivity contribution is 5.92. The molecule has 7 heteroatoms. The van der Waals surface area contributed by atoms with E-state index in [-0.39, 0.29) is 6.03 Å². The number of hydrogen-bond donors (Lipinski definition) is 2. The second-order valence-corrected chi connectivity index (χ2v) is 6.68. The van der Waals surface area contributed by atoms with Gasteiger partial charge < -0.3 is 15.4 Å². The molecule has 0 aliphatic heterocycles. The van der Waals surface area contributed by atoms with Crippen molar-refractivity contribution in [3.05, 3.63) is 71.5 Å². The van der Waals surface area contributed by atoms with Crippen LogP contribution in [0.2, 0.25) is 0 Å². The Morgan fingerprint density at radius 1 is 1.07 bits per heavy atom. The summed E-state index contributed by atoms with van der Waals surface area (Å²) in [6.07, 6.45) is 0.851. The van der Waals surface area contributed by atoms with Crippen molar-refractivity contribution in [3.8, 4) is 11.4 Å². The quantitative estimate of drug-likeness (QED) is 0.485. The Kier molecular flexibility index (Phi) is 6.29. The minimum absolute atomic E-state index is 0.296. The molecule has 0 aliphatic carbocycles. The van der Waals surface area contributed by atoms with Crippen molar-refractivity contribution in [1.82, 2.24) is 15.1 Å². The van der Waals surface area contributed by atoms with Crippen LogP contribution in [0.3, 0.4) is 0 Å². The summed E-state index contributed by atoms with van der Waals surface area (Å²) >= 11 is 0. The molecule has 0 unspecified atom stereocenters. The van der Waals surface area contributed by atoms with E-state index in [9.17, 15) is 9.59 Å². The van der Waals surface area contributed by atoms with E-state index in [4.69, 9.17) is 4.74 Å². The number of nitrogens with one attached hydrogen (secondary N) is 2. The van der Waals surface area contributed by atoms with Gasteiger partial charge in [0.15, 0.2) is 0 Å². The maximum atomic E-state index is 12.5. The highest BCUT2D eigenvalue weighted by Gasteiger charge is 2.11. The highest BCUT2D eigenvalue weighted by atomic mass is 16.5. The zero-order valence-corrected chi connectivity index (χ0v) is 16.7. The normalized spacial score (nSPS) is 10.4. The van der Waals surface area contributed by atoms with E-state index in [0.717, 1.165) is 23.5 Å². The Labute approximate surface area is 169 Å². The molecule has 29 heavy (non-hydrogen) atoms. The lowest BCUT2D eigenvalue weighted by Crippen LogP contribution is -2.29. The number of benzene rings is 2. The molecule has 0 radical (unpaired) electrons. The molecule has 3 rings (SSSR count). The first-order chi connectivity index (χ1) is 14.0. The summed E-state index contributed by atoms with van der Waals surface area (Å²) < 4.78 is 7.27. The van der Waals surface area contributed by atoms with Crippen LogP contribution in [0, 0.1) is 13.8 Å². The third-order valence-corrected chi connectivity index (χ3v) is 4.20. The minimum Gasteiger partial charge on any atom is -0.423 e. The fraction of sp³-hybridized carbons (Fsp3) is 0.227. The van der Waals surface area contributed by atoms with Crippen LogP contribution in [0.1, 0.15) is 35.1 Å². The van der Waals surface area contributed by atoms with Gasteiger partial charge in [0.25, 0.3) is 0 Å². The summed E-state index contributed by atoms with van der Waals surface area (Å²) in [5.74, 6) is -0.122. The first kappa shape index (κ1) is 20.1. The molecule has 0 spiro atoms. The molecule has 3 aromatic rings. The van der Waals surface area contributed by atoms with Crippen LogP contribution in [-0.4, -0.2) is 28.3 Å². The van der Waals surface area contributed by atoms with Crippen LogP contribution in [0.25, 0.3) is 5.69 Å². The number of anilines is 1. The molecule has 1 aromatic heterocycles. The smallest absolute Gasteiger partial charge is 0.343 e. The molecule has 150 valence electrons. The molecular formula is C22H24N4O3. The Bertz CT molecular complexity index is 1010. The maximum Gasteiger partial charge on any atom is 0.343 e. The fourth-order valence-electron chi connectivity index (χ4n) is 2.85. The van der Waals surface area contributed by atoms with Crippen LogP contribution in [0.15, 0.2) is 54.6 Å². The van der Waals surface area contributed by atoms with Gasteiger partial charge in [-0.15, -0.1) is 0 Å². The Morgan fingerprint density at radius 2 is 1.83 bits per heavy atom. The molecule has 2 amide bonds. The van der Waals surface area contributed by atoms with E-state index >= 15 is 0 Å². The van der Waals surface area contributed by atoms with Gasteiger partial charge >= 0.3 is 12.0 Å². The largest absolute Gasteiger partial charge is 0.423 e. The van der Waals surface area contributed by atoms with Gasteiger partial charge in [-0.1, -0.05) is 13.0 Å². The Balaban J connectivity index is 1.66. The van der Waals surface area contributed by atoms with Gasteiger partial charge in [0.2, 0.25) is 0 Å². The number of hydrogen-bond acceptors (Lipinski definition) is 4. The fourth-order valence-corrected chi connectivity index (χ4v) is 2.85. The van der Waals surface area contributed by atoms with E-state index in [0.29, 0.717) is 23.5 Å². The monoisotopic (exact) mass is 392 g/mol. The lowest BCUT2D eigenvalue weighted by Gasteiger charge is -2.09. The summed E-state index contributed by atoms with van der Waals surface area (Å²) in [5, 5.41) is 9.87. The van der Waals surface area contributed by atoms with Gasteiger partial charge in [0.1, 0.15) is 5.75 Å². The van der Waals surface area contributed by atoms with Crippen molar-refractivity contribution in [2.24, 2.45) is 0 Å². The second-order valence-electron chi connectivity index (χ2n) is 6.68. The molecule has 0 aliphatic rings. The summed E-state index contributed by atoms with van der Waals surface area (Å²) in [7, 11) is 0. The molecule has 1 heterocycles. The van der Waals surface area contributed by atoms with Crippen LogP contribution in [0.4, 0.5) is 10.5 Å². The van der Waals surface area contributed by atoms with E-state index in [1.165, 1.54) is 0 Å². The Hall–Kier alpha value is -3.61. The average molecular weight is 392 g/mol. The molecule has 0 bridgehead atoms. The van der Waals surface area contributed by atoms with Gasteiger partial charge in [0.05, 0.1) is 16.9 Å². The average Bonchev–Trinajstić information content (AvgIpc) is 3.04. The molecule has 0 saturated carbocycles. The van der Waals surface area contributed by atoms with Crippen molar-refractivity contribution < 1.29 is 14.3 Å². The van der Waals surface area contributed by atoms with E-state index in [1.807, 2.05) is 43.7 Å². The summed E-state index contributed by atoms with van der Waals surface area (Å²) in [4.78, 5) is 24.2. The molecule has 2 N–H and O–H groups in total. The van der Waals surface area contributed by atoms with Crippen LogP contribution < -0.4 is 15.4 Å². The number of ether oxygens (including phenoxy) is 1. The van der Waals surface area contributed by atoms with Gasteiger partial charge in [-0.25, -0.2) is 14.3 Å². The third kappa shape index (κ3) is 5.22. The van der Waals surface area contributed by atoms with Crippen molar-refractivity contribution in [2.75, 3.05) is 11.9 Å². The number of aromatic nitrogens is 2. The van der Waals surface area contributed by atoms with Gasteiger partial charge in [-0.3, -0.25) is 0 Å². The van der Waals surface area contributed by atoms with Crippen LogP contribution in [-0.2, 0) is 0 Å². The minimum atomic E-state index is -0.475. The number of amides is 2. The first-order valence-corrected chi connectivity index (χ1v) is 9.47. The summed E-state index contributed by atoms with van der Waals surface area (Å²) in [6, 6.07) is 15.5. The van der Waals surface area contributed by atoms with Crippen molar-refractivity contribution in [1.29, 1.82) is 0 Å². The number of aryl methyl sites for hydroxylation is 2. The predicted octanol–water partition coefficient (Wildman–Crippen LogP) is 4.24. The number of carbonyl (C=O) groups is 2. The number of esters is 1. The standard InChI is InChI=1S/C22H24N4O3/c1-4-12-23-22(28)24-18-6-5-7-20(14-18)29-21(27)17-8-10-19(11-9-17)26-16(3)13-15(2)25-26/h5-11,13-14H,4,12H2,1-3H3,(H2,23,24,28). The molecule has 0 saturated heterocycles. The highest BCUT2D eigenvalue weighted by Crippen LogP contribution is 2.19. The maximum absolute atomic E-state index is 12.5. The topological polar surface area (TPSA) is 85.3 Å². The van der Waals surface area contributed by atoms with Crippen molar-refractivity contribution in [2.45, 2.75) is 27.2 Å². The number of urea groups is 1. The van der Waals surface area contributed by atoms with Crippen LogP contribution in [0.5, 0.6) is 5.75 Å². The predicted molar refractivity (Wildman–Crippen MR) is 112 cm³/mol. The molecular weight excluding hydrogens is 368 g/mol. The first-order valence-electron chi connectivity index (χ1n) is 9.47.